The zero-order valence-electron chi connectivity index (χ0n) is 9.50. The van der Waals surface area contributed by atoms with E-state index in [9.17, 15) is 0 Å². The summed E-state index contributed by atoms with van der Waals surface area (Å²) >= 11 is 5.75. The normalized spacial score (nSPS) is 11.5. The molecule has 16 heavy (non-hydrogen) atoms. The molecule has 1 aromatic heterocycles. The Morgan fingerprint density at radius 3 is 2.75 bits per heavy atom. The molecule has 0 saturated carbocycles. The average molecular weight is 245 g/mol. The van der Waals surface area contributed by atoms with E-state index in [0.29, 0.717) is 23.9 Å². The van der Waals surface area contributed by atoms with Crippen molar-refractivity contribution in [3.63, 3.8) is 0 Å². The molecular weight excluding hydrogens is 228 g/mol. The smallest absolute Gasteiger partial charge is 0.223 e. The van der Waals surface area contributed by atoms with Crippen LogP contribution in [0.15, 0.2) is 6.07 Å². The first kappa shape index (κ1) is 13.0. The van der Waals surface area contributed by atoms with Crippen LogP contribution in [0.25, 0.3) is 0 Å². The summed E-state index contributed by atoms with van der Waals surface area (Å²) < 4.78 is 0. The summed E-state index contributed by atoms with van der Waals surface area (Å²) in [4.78, 5) is 7.77. The van der Waals surface area contributed by atoms with Crippen LogP contribution in [-0.2, 0) is 0 Å². The van der Waals surface area contributed by atoms with Crippen LogP contribution < -0.4 is 11.1 Å². The van der Waals surface area contributed by atoms with Crippen molar-refractivity contribution in [3.05, 3.63) is 11.2 Å². The third-order valence-corrected chi connectivity index (χ3v) is 2.44. The van der Waals surface area contributed by atoms with E-state index in [1.807, 2.05) is 0 Å². The Morgan fingerprint density at radius 2 is 2.19 bits per heavy atom. The minimum atomic E-state index is -0.0130. The summed E-state index contributed by atoms with van der Waals surface area (Å²) in [5.74, 6) is 0.749. The van der Waals surface area contributed by atoms with Crippen LogP contribution in [0.3, 0.4) is 0 Å². The first-order valence-electron chi connectivity index (χ1n) is 5.08. The predicted molar refractivity (Wildman–Crippen MR) is 65.4 cm³/mol. The molecule has 0 aliphatic rings. The van der Waals surface area contributed by atoms with Gasteiger partial charge >= 0.3 is 0 Å². The Kier molecular flexibility index (Phi) is 4.32. The number of aliphatic hydroxyl groups excluding tert-OH is 1. The summed E-state index contributed by atoms with van der Waals surface area (Å²) in [5, 5.41) is 12.3. The molecule has 0 amide bonds. The second-order valence-corrected chi connectivity index (χ2v) is 4.81. The van der Waals surface area contributed by atoms with E-state index in [1.54, 1.807) is 6.07 Å². The van der Waals surface area contributed by atoms with E-state index < -0.39 is 0 Å². The van der Waals surface area contributed by atoms with Crippen LogP contribution in [0.1, 0.15) is 20.3 Å². The van der Waals surface area contributed by atoms with Gasteiger partial charge in [0.1, 0.15) is 11.0 Å². The Morgan fingerprint density at radius 1 is 1.50 bits per heavy atom. The van der Waals surface area contributed by atoms with Crippen molar-refractivity contribution >= 4 is 23.4 Å². The maximum Gasteiger partial charge on any atom is 0.223 e. The number of nitrogens with zero attached hydrogens (tertiary/aromatic N) is 2. The fraction of sp³-hybridized carbons (Fsp3) is 0.600. The van der Waals surface area contributed by atoms with Crippen LogP contribution in [-0.4, -0.2) is 28.2 Å². The molecule has 1 aromatic rings. The maximum absolute atomic E-state index is 8.89. The molecule has 4 N–H and O–H groups in total. The van der Waals surface area contributed by atoms with Crippen molar-refractivity contribution in [1.29, 1.82) is 0 Å². The van der Waals surface area contributed by atoms with E-state index in [2.05, 4.69) is 29.1 Å². The second-order valence-electron chi connectivity index (χ2n) is 4.43. The van der Waals surface area contributed by atoms with Gasteiger partial charge in [0.2, 0.25) is 5.95 Å². The predicted octanol–water partition coefficient (Wildman–Crippen LogP) is 1.53. The molecule has 1 heterocycles. The molecule has 1 rings (SSSR count). The van der Waals surface area contributed by atoms with Crippen molar-refractivity contribution in [1.82, 2.24) is 9.97 Å². The highest BCUT2D eigenvalue weighted by atomic mass is 35.5. The van der Waals surface area contributed by atoms with E-state index >= 15 is 0 Å². The minimum Gasteiger partial charge on any atom is -0.396 e. The Labute approximate surface area is 100 Å². The van der Waals surface area contributed by atoms with Gasteiger partial charge in [0.15, 0.2) is 0 Å². The number of nitrogens with one attached hydrogen (secondary N) is 1. The third kappa shape index (κ3) is 4.20. The van der Waals surface area contributed by atoms with Crippen molar-refractivity contribution in [2.75, 3.05) is 24.2 Å². The van der Waals surface area contributed by atoms with E-state index in [0.717, 1.165) is 0 Å². The van der Waals surface area contributed by atoms with Gasteiger partial charge in [0.05, 0.1) is 0 Å². The van der Waals surface area contributed by atoms with Gasteiger partial charge in [-0.05, 0) is 11.8 Å². The highest BCUT2D eigenvalue weighted by Crippen LogP contribution is 2.21. The molecular formula is C10H17ClN4O. The van der Waals surface area contributed by atoms with Gasteiger partial charge in [0, 0.05) is 19.2 Å². The molecule has 0 aliphatic heterocycles. The third-order valence-electron chi connectivity index (χ3n) is 2.25. The molecule has 0 bridgehead atoms. The first-order chi connectivity index (χ1) is 7.43. The number of nitrogen functional groups attached to an aromatic ring is 1. The summed E-state index contributed by atoms with van der Waals surface area (Å²) in [5.41, 5.74) is 5.46. The van der Waals surface area contributed by atoms with Gasteiger partial charge in [-0.2, -0.15) is 4.98 Å². The molecule has 0 spiro atoms. The first-order valence-corrected chi connectivity index (χ1v) is 5.45. The van der Waals surface area contributed by atoms with Gasteiger partial charge in [-0.3, -0.25) is 0 Å². The number of rotatable bonds is 5. The molecule has 0 atom stereocenters. The van der Waals surface area contributed by atoms with Crippen LogP contribution in [0.5, 0.6) is 0 Å². The number of aromatic nitrogens is 2. The molecule has 6 heteroatoms. The standard InChI is InChI=1S/C10H17ClN4O/c1-10(2,3-4-16)6-13-8-5-7(11)14-9(12)15-8/h5,16H,3-4,6H2,1-2H3,(H3,12,13,14,15). The number of nitrogens with two attached hydrogens (primary N) is 1. The van der Waals surface area contributed by atoms with Crippen LogP contribution >= 0.6 is 11.6 Å². The Hall–Kier alpha value is -1.07. The molecule has 0 aliphatic carbocycles. The van der Waals surface area contributed by atoms with Crippen LogP contribution in [0.4, 0.5) is 11.8 Å². The monoisotopic (exact) mass is 244 g/mol. The zero-order chi connectivity index (χ0) is 12.2. The van der Waals surface area contributed by atoms with Crippen LogP contribution in [0.2, 0.25) is 5.15 Å². The molecule has 5 nitrogen and oxygen atoms in total. The number of hydrogen-bond donors (Lipinski definition) is 3. The Bertz CT molecular complexity index is 336. The summed E-state index contributed by atoms with van der Waals surface area (Å²) in [7, 11) is 0. The number of aliphatic hydroxyl groups is 1. The lowest BCUT2D eigenvalue weighted by atomic mass is 9.90. The zero-order valence-corrected chi connectivity index (χ0v) is 10.3. The number of anilines is 2. The quantitative estimate of drug-likeness (QED) is 0.684. The minimum absolute atomic E-state index is 0.0130. The molecule has 0 fully saturated rings. The highest BCUT2D eigenvalue weighted by Gasteiger charge is 2.17. The van der Waals surface area contributed by atoms with Crippen LogP contribution in [0, 0.1) is 5.41 Å². The van der Waals surface area contributed by atoms with E-state index in [-0.39, 0.29) is 18.0 Å². The van der Waals surface area contributed by atoms with Crippen molar-refractivity contribution in [2.45, 2.75) is 20.3 Å². The largest absolute Gasteiger partial charge is 0.396 e. The number of halogens is 1. The molecule has 0 aromatic carbocycles. The van der Waals surface area contributed by atoms with Gasteiger partial charge in [-0.15, -0.1) is 0 Å². The molecule has 0 radical (unpaired) electrons. The molecule has 0 saturated heterocycles. The van der Waals surface area contributed by atoms with Gasteiger partial charge < -0.3 is 16.2 Å². The van der Waals surface area contributed by atoms with E-state index in [4.69, 9.17) is 22.4 Å². The summed E-state index contributed by atoms with van der Waals surface area (Å²) in [6, 6.07) is 1.62. The van der Waals surface area contributed by atoms with E-state index in [1.165, 1.54) is 0 Å². The Balaban J connectivity index is 2.60. The summed E-state index contributed by atoms with van der Waals surface area (Å²) in [6.45, 7) is 4.96. The SMILES string of the molecule is CC(C)(CCO)CNc1cc(Cl)nc(N)n1. The van der Waals surface area contributed by atoms with Crippen molar-refractivity contribution in [3.8, 4) is 0 Å². The van der Waals surface area contributed by atoms with Crippen molar-refractivity contribution < 1.29 is 5.11 Å². The van der Waals surface area contributed by atoms with Gasteiger partial charge in [-0.1, -0.05) is 25.4 Å². The maximum atomic E-state index is 8.89. The van der Waals surface area contributed by atoms with Gasteiger partial charge in [0.25, 0.3) is 0 Å². The fourth-order valence-corrected chi connectivity index (χ4v) is 1.44. The topological polar surface area (TPSA) is 84.1 Å². The van der Waals surface area contributed by atoms with Gasteiger partial charge in [-0.25, -0.2) is 4.98 Å². The lowest BCUT2D eigenvalue weighted by Gasteiger charge is -2.24. The lowest BCUT2D eigenvalue weighted by molar-refractivity contribution is 0.220. The lowest BCUT2D eigenvalue weighted by Crippen LogP contribution is -2.24. The molecule has 0 unspecified atom stereocenters. The van der Waals surface area contributed by atoms with Crippen molar-refractivity contribution in [2.24, 2.45) is 5.41 Å². The number of hydrogen-bond acceptors (Lipinski definition) is 5. The fourth-order valence-electron chi connectivity index (χ4n) is 1.25. The highest BCUT2D eigenvalue weighted by molar-refractivity contribution is 6.29. The summed E-state index contributed by atoms with van der Waals surface area (Å²) in [6.07, 6.45) is 0.717. The molecule has 90 valence electrons. The second kappa shape index (κ2) is 5.32. The average Bonchev–Trinajstić information content (AvgIpc) is 2.13.